The first kappa shape index (κ1) is 17.8. The number of fused-ring (bicyclic) bond motifs is 4. The molecule has 0 saturated heterocycles. The Hall–Kier alpha value is -2.04. The maximum absolute atomic E-state index is 4.65. The highest BCUT2D eigenvalue weighted by atomic mass is 32.2. The monoisotopic (exact) mass is 414 g/mol. The molecule has 2 aliphatic heterocycles. The van der Waals surface area contributed by atoms with E-state index in [0.717, 1.165) is 11.4 Å². The smallest absolute Gasteiger partial charge is 0.0765 e. The van der Waals surface area contributed by atoms with Gasteiger partial charge in [-0.3, -0.25) is 9.97 Å². The summed E-state index contributed by atoms with van der Waals surface area (Å²) in [5.41, 5.74) is 8.43. The van der Waals surface area contributed by atoms with Gasteiger partial charge in [-0.1, -0.05) is 12.1 Å². The molecule has 2 aliphatic carbocycles. The Bertz CT molecular complexity index is 1050. The fourth-order valence-corrected chi connectivity index (χ4v) is 8.34. The zero-order valence-electron chi connectivity index (χ0n) is 16.6. The van der Waals surface area contributed by atoms with Gasteiger partial charge in [0.25, 0.3) is 0 Å². The molecule has 2 aromatic heterocycles. The van der Waals surface area contributed by atoms with E-state index in [9.17, 15) is 0 Å². The Labute approximate surface area is 180 Å². The number of nitrogens with zero attached hydrogens (tertiary/aromatic N) is 2. The predicted molar refractivity (Wildman–Crippen MR) is 124 cm³/mol. The molecule has 6 rings (SSSR count). The van der Waals surface area contributed by atoms with Crippen molar-refractivity contribution < 1.29 is 0 Å². The first-order valence-corrected chi connectivity index (χ1v) is 11.9. The third kappa shape index (κ3) is 2.39. The summed E-state index contributed by atoms with van der Waals surface area (Å²) in [5, 5.41) is 0. The lowest BCUT2D eigenvalue weighted by molar-refractivity contribution is 0.607. The number of aromatic nitrogens is 2. The minimum atomic E-state index is -0.00391. The zero-order valence-corrected chi connectivity index (χ0v) is 18.2. The van der Waals surface area contributed by atoms with E-state index in [4.69, 9.17) is 0 Å². The van der Waals surface area contributed by atoms with Crippen molar-refractivity contribution in [1.29, 1.82) is 0 Å². The van der Waals surface area contributed by atoms with E-state index < -0.39 is 0 Å². The molecule has 2 unspecified atom stereocenters. The van der Waals surface area contributed by atoms with Crippen LogP contribution < -0.4 is 0 Å². The number of hydrogen-bond acceptors (Lipinski definition) is 4. The van der Waals surface area contributed by atoms with E-state index in [1.165, 1.54) is 40.2 Å². The maximum Gasteiger partial charge on any atom is 0.0765 e. The Morgan fingerprint density at radius 2 is 1.21 bits per heavy atom. The summed E-state index contributed by atoms with van der Waals surface area (Å²) in [6.07, 6.45) is 12.3. The molecule has 1 fully saturated rings. The molecule has 0 bridgehead atoms. The van der Waals surface area contributed by atoms with Gasteiger partial charge in [0.1, 0.15) is 0 Å². The van der Waals surface area contributed by atoms with Gasteiger partial charge >= 0.3 is 0 Å². The first-order valence-electron chi connectivity index (χ1n) is 10.2. The standard InChI is InChI=1S/C25H22N2S2/c1-24-18(14-22(28-24)20-10-3-5-12-26-20)16-8-7-9-17(16)19-15-23(29-25(19,24)2)21-11-4-6-13-27-21/h3-6,10-15H,7-9H2,1-2H3. The normalized spacial score (nSPS) is 30.1. The van der Waals surface area contributed by atoms with Crippen LogP contribution in [0.1, 0.15) is 44.5 Å². The summed E-state index contributed by atoms with van der Waals surface area (Å²) >= 11 is 4.01. The molecule has 0 spiro atoms. The van der Waals surface area contributed by atoms with Crippen molar-refractivity contribution in [3.8, 4) is 0 Å². The quantitative estimate of drug-likeness (QED) is 0.549. The zero-order chi connectivity index (χ0) is 19.6. The molecule has 0 amide bonds. The summed E-state index contributed by atoms with van der Waals surface area (Å²) in [7, 11) is 0. The van der Waals surface area contributed by atoms with Gasteiger partial charge in [-0.2, -0.15) is 0 Å². The number of pyridine rings is 2. The van der Waals surface area contributed by atoms with Gasteiger partial charge in [-0.15, -0.1) is 23.5 Å². The molecule has 4 heteroatoms. The highest BCUT2D eigenvalue weighted by Gasteiger charge is 2.59. The third-order valence-electron chi connectivity index (χ3n) is 6.82. The van der Waals surface area contributed by atoms with Gasteiger partial charge in [0.05, 0.1) is 20.9 Å². The van der Waals surface area contributed by atoms with Gasteiger partial charge in [0.15, 0.2) is 0 Å². The Morgan fingerprint density at radius 1 is 0.724 bits per heavy atom. The third-order valence-corrected chi connectivity index (χ3v) is 10.1. The molecule has 1 saturated carbocycles. The topological polar surface area (TPSA) is 25.8 Å². The Balaban J connectivity index is 1.52. The number of hydrogen-bond donors (Lipinski definition) is 0. The molecule has 2 atom stereocenters. The maximum atomic E-state index is 4.65. The van der Waals surface area contributed by atoms with Crippen molar-refractivity contribution in [3.63, 3.8) is 0 Å². The van der Waals surface area contributed by atoms with E-state index >= 15 is 0 Å². The molecule has 0 N–H and O–H groups in total. The van der Waals surface area contributed by atoms with Crippen LogP contribution in [0.15, 0.2) is 83.2 Å². The van der Waals surface area contributed by atoms with Gasteiger partial charge in [0.2, 0.25) is 0 Å². The molecular weight excluding hydrogens is 392 g/mol. The number of allylic oxidation sites excluding steroid dienone is 4. The average molecular weight is 415 g/mol. The van der Waals surface area contributed by atoms with Gasteiger partial charge in [0, 0.05) is 22.2 Å². The van der Waals surface area contributed by atoms with Crippen LogP contribution >= 0.6 is 23.5 Å². The van der Waals surface area contributed by atoms with E-state index in [2.05, 4.69) is 60.2 Å². The van der Waals surface area contributed by atoms with Crippen molar-refractivity contribution in [2.75, 3.05) is 0 Å². The summed E-state index contributed by atoms with van der Waals surface area (Å²) < 4.78 is -0.00782. The Kier molecular flexibility index (Phi) is 3.82. The van der Waals surface area contributed by atoms with E-state index in [-0.39, 0.29) is 9.49 Å². The molecule has 2 aromatic rings. The lowest BCUT2D eigenvalue weighted by Gasteiger charge is -2.47. The van der Waals surface area contributed by atoms with Crippen LogP contribution in [0.25, 0.3) is 9.81 Å². The lowest BCUT2D eigenvalue weighted by atomic mass is 9.72. The van der Waals surface area contributed by atoms with Crippen LogP contribution in [0.4, 0.5) is 0 Å². The summed E-state index contributed by atoms with van der Waals surface area (Å²) in [5.74, 6) is 0. The fraction of sp³-hybridized carbons (Fsp3) is 0.280. The molecule has 4 heterocycles. The van der Waals surface area contributed by atoms with Crippen LogP contribution in [0.2, 0.25) is 0 Å². The summed E-state index contributed by atoms with van der Waals surface area (Å²) in [4.78, 5) is 11.9. The molecule has 0 aromatic carbocycles. The van der Waals surface area contributed by atoms with Gasteiger partial charge < -0.3 is 0 Å². The van der Waals surface area contributed by atoms with Crippen molar-refractivity contribution in [2.45, 2.75) is 42.6 Å². The molecule has 144 valence electrons. The average Bonchev–Trinajstić information content (AvgIpc) is 3.45. The molecular formula is C25H22N2S2. The van der Waals surface area contributed by atoms with Crippen LogP contribution in [-0.4, -0.2) is 19.5 Å². The fourth-order valence-electron chi connectivity index (χ4n) is 5.21. The second-order valence-corrected chi connectivity index (χ2v) is 11.3. The largest absolute Gasteiger partial charge is 0.256 e. The minimum absolute atomic E-state index is 0.00391. The van der Waals surface area contributed by atoms with Gasteiger partial charge in [-0.05, 0) is 91.8 Å². The molecule has 4 aliphatic rings. The van der Waals surface area contributed by atoms with E-state index in [1.54, 1.807) is 11.1 Å². The van der Waals surface area contributed by atoms with E-state index in [1.807, 2.05) is 48.1 Å². The highest BCUT2D eigenvalue weighted by molar-refractivity contribution is 8.14. The van der Waals surface area contributed by atoms with Crippen molar-refractivity contribution in [2.24, 2.45) is 0 Å². The summed E-state index contributed by atoms with van der Waals surface area (Å²) in [6.45, 7) is 4.90. The molecule has 29 heavy (non-hydrogen) atoms. The van der Waals surface area contributed by atoms with Gasteiger partial charge in [-0.25, -0.2) is 0 Å². The number of thioether (sulfide) groups is 2. The van der Waals surface area contributed by atoms with Crippen LogP contribution in [0.5, 0.6) is 0 Å². The first-order chi connectivity index (χ1) is 14.1. The molecule has 0 radical (unpaired) electrons. The van der Waals surface area contributed by atoms with Crippen molar-refractivity contribution in [1.82, 2.24) is 9.97 Å². The van der Waals surface area contributed by atoms with Crippen LogP contribution in [0.3, 0.4) is 0 Å². The van der Waals surface area contributed by atoms with Crippen LogP contribution in [0, 0.1) is 0 Å². The highest BCUT2D eigenvalue weighted by Crippen LogP contribution is 2.70. The number of rotatable bonds is 2. The Morgan fingerprint density at radius 3 is 1.62 bits per heavy atom. The second kappa shape index (κ2) is 6.23. The van der Waals surface area contributed by atoms with Crippen molar-refractivity contribution in [3.05, 3.63) is 94.6 Å². The van der Waals surface area contributed by atoms with E-state index in [0.29, 0.717) is 0 Å². The minimum Gasteiger partial charge on any atom is -0.256 e. The summed E-state index contributed by atoms with van der Waals surface area (Å²) in [6, 6.07) is 12.4. The van der Waals surface area contributed by atoms with Crippen molar-refractivity contribution >= 4 is 33.3 Å². The lowest BCUT2D eigenvalue weighted by Crippen LogP contribution is -2.47. The second-order valence-electron chi connectivity index (χ2n) is 8.36. The van der Waals surface area contributed by atoms with Crippen LogP contribution in [-0.2, 0) is 0 Å². The molecule has 2 nitrogen and oxygen atoms in total. The predicted octanol–water partition coefficient (Wildman–Crippen LogP) is 6.66. The SMILES string of the molecule is CC12SC(c3ccccn3)=CC1=C1CCCC1=C1C=C(c3ccccn3)SC12C.